The second kappa shape index (κ2) is 8.06. The van der Waals surface area contributed by atoms with Crippen molar-refractivity contribution < 1.29 is 4.74 Å². The van der Waals surface area contributed by atoms with Crippen LogP contribution in [0, 0.1) is 6.92 Å². The highest BCUT2D eigenvalue weighted by atomic mass is 16.5. The Morgan fingerprint density at radius 1 is 1.00 bits per heavy atom. The van der Waals surface area contributed by atoms with E-state index in [9.17, 15) is 0 Å². The van der Waals surface area contributed by atoms with Crippen molar-refractivity contribution in [2.24, 2.45) is 0 Å². The maximum absolute atomic E-state index is 5.47. The highest BCUT2D eigenvalue weighted by Gasteiger charge is 2.20. The van der Waals surface area contributed by atoms with E-state index in [1.807, 2.05) is 12.4 Å². The normalized spacial score (nSPS) is 17.5. The van der Waals surface area contributed by atoms with E-state index in [-0.39, 0.29) is 0 Å². The molecule has 0 radical (unpaired) electrons. The summed E-state index contributed by atoms with van der Waals surface area (Å²) in [6, 6.07) is 9.13. The van der Waals surface area contributed by atoms with Crippen molar-refractivity contribution in [1.82, 2.24) is 19.5 Å². The van der Waals surface area contributed by atoms with Crippen LogP contribution in [-0.4, -0.2) is 45.8 Å². The van der Waals surface area contributed by atoms with Crippen LogP contribution in [0.1, 0.15) is 37.3 Å². The van der Waals surface area contributed by atoms with Crippen LogP contribution in [-0.2, 0) is 4.74 Å². The van der Waals surface area contributed by atoms with E-state index in [1.54, 1.807) is 0 Å². The Balaban J connectivity index is 1.34. The molecule has 164 valence electrons. The van der Waals surface area contributed by atoms with E-state index in [1.165, 1.54) is 42.1 Å². The second-order valence-corrected chi connectivity index (χ2v) is 8.88. The van der Waals surface area contributed by atoms with Gasteiger partial charge in [0.15, 0.2) is 0 Å². The van der Waals surface area contributed by atoms with Crippen molar-refractivity contribution in [1.29, 1.82) is 0 Å². The predicted octanol–water partition coefficient (Wildman–Crippen LogP) is 4.98. The van der Waals surface area contributed by atoms with Gasteiger partial charge in [0.2, 0.25) is 5.95 Å². The van der Waals surface area contributed by atoms with Crippen LogP contribution in [0.15, 0.2) is 42.9 Å². The minimum absolute atomic E-state index is 0.571. The van der Waals surface area contributed by atoms with Gasteiger partial charge in [0.25, 0.3) is 0 Å². The highest BCUT2D eigenvalue weighted by molar-refractivity contribution is 6.03. The Morgan fingerprint density at radius 2 is 1.81 bits per heavy atom. The molecule has 1 aliphatic carbocycles. The third-order valence-electron chi connectivity index (χ3n) is 6.82. The quantitative estimate of drug-likeness (QED) is 0.494. The van der Waals surface area contributed by atoms with Gasteiger partial charge in [0.1, 0.15) is 11.3 Å². The fourth-order valence-corrected chi connectivity index (χ4v) is 5.15. The van der Waals surface area contributed by atoms with Crippen LogP contribution in [0.2, 0.25) is 0 Å². The molecule has 1 saturated heterocycles. The van der Waals surface area contributed by atoms with Gasteiger partial charge in [-0.15, -0.1) is 0 Å². The van der Waals surface area contributed by atoms with Gasteiger partial charge in [0.05, 0.1) is 30.6 Å². The van der Waals surface area contributed by atoms with E-state index < -0.39 is 0 Å². The molecule has 4 heterocycles. The Morgan fingerprint density at radius 3 is 2.62 bits per heavy atom. The number of aromatic nitrogens is 4. The number of fused-ring (bicyclic) bond motifs is 3. The van der Waals surface area contributed by atoms with E-state index in [4.69, 9.17) is 9.72 Å². The fourth-order valence-electron chi connectivity index (χ4n) is 5.15. The van der Waals surface area contributed by atoms with Gasteiger partial charge in [-0.25, -0.2) is 15.0 Å². The first-order chi connectivity index (χ1) is 15.8. The maximum atomic E-state index is 5.47. The molecule has 7 nitrogen and oxygen atoms in total. The molecule has 0 spiro atoms. The first-order valence-electron chi connectivity index (χ1n) is 11.6. The SMILES string of the molecule is Cc1cc(Nc2ncc3ccc4ccn(C5CCCC5)c4c3n2)ncc1N1CCOCC1. The second-order valence-electron chi connectivity index (χ2n) is 8.88. The van der Waals surface area contributed by atoms with E-state index in [0.717, 1.165) is 48.7 Å². The van der Waals surface area contributed by atoms with Crippen molar-refractivity contribution in [2.75, 3.05) is 36.5 Å². The number of hydrogen-bond acceptors (Lipinski definition) is 6. The number of pyridine rings is 1. The molecule has 1 aliphatic heterocycles. The minimum atomic E-state index is 0.571. The van der Waals surface area contributed by atoms with Crippen molar-refractivity contribution in [2.45, 2.75) is 38.6 Å². The molecule has 0 atom stereocenters. The van der Waals surface area contributed by atoms with Crippen LogP contribution < -0.4 is 10.2 Å². The Labute approximate surface area is 187 Å². The lowest BCUT2D eigenvalue weighted by atomic mass is 10.1. The van der Waals surface area contributed by atoms with Gasteiger partial charge < -0.3 is 19.5 Å². The number of hydrogen-bond donors (Lipinski definition) is 1. The first-order valence-corrected chi connectivity index (χ1v) is 11.6. The molecule has 1 N–H and O–H groups in total. The zero-order valence-electron chi connectivity index (χ0n) is 18.4. The smallest absolute Gasteiger partial charge is 0.228 e. The number of aryl methyl sites for hydroxylation is 1. The fraction of sp³-hybridized carbons (Fsp3) is 0.400. The van der Waals surface area contributed by atoms with Gasteiger partial charge >= 0.3 is 0 Å². The molecule has 3 aromatic heterocycles. The van der Waals surface area contributed by atoms with Gasteiger partial charge in [-0.1, -0.05) is 25.0 Å². The zero-order valence-corrected chi connectivity index (χ0v) is 18.4. The summed E-state index contributed by atoms with van der Waals surface area (Å²) in [6.45, 7) is 5.46. The molecule has 0 bridgehead atoms. The molecule has 4 aromatic rings. The number of nitrogens with zero attached hydrogens (tertiary/aromatic N) is 5. The van der Waals surface area contributed by atoms with Crippen LogP contribution in [0.25, 0.3) is 21.8 Å². The summed E-state index contributed by atoms with van der Waals surface area (Å²) in [4.78, 5) is 16.5. The lowest BCUT2D eigenvalue weighted by Gasteiger charge is -2.29. The topological polar surface area (TPSA) is 68.1 Å². The average molecular weight is 429 g/mol. The van der Waals surface area contributed by atoms with E-state index >= 15 is 0 Å². The Hall–Kier alpha value is -3.19. The molecule has 7 heteroatoms. The maximum Gasteiger partial charge on any atom is 0.228 e. The molecule has 6 rings (SSSR count). The third-order valence-corrected chi connectivity index (χ3v) is 6.82. The van der Waals surface area contributed by atoms with Crippen LogP contribution in [0.5, 0.6) is 0 Å². The molecule has 2 fully saturated rings. The minimum Gasteiger partial charge on any atom is -0.378 e. The van der Waals surface area contributed by atoms with Crippen LogP contribution >= 0.6 is 0 Å². The van der Waals surface area contributed by atoms with E-state index in [0.29, 0.717) is 12.0 Å². The third kappa shape index (κ3) is 3.46. The number of rotatable bonds is 4. The van der Waals surface area contributed by atoms with Crippen molar-refractivity contribution in [3.63, 3.8) is 0 Å². The molecule has 0 amide bonds. The molecule has 2 aliphatic rings. The summed E-state index contributed by atoms with van der Waals surface area (Å²) in [5.74, 6) is 1.34. The summed E-state index contributed by atoms with van der Waals surface area (Å²) in [7, 11) is 0. The summed E-state index contributed by atoms with van der Waals surface area (Å²) in [6.07, 6.45) is 11.2. The molecule has 1 saturated carbocycles. The standard InChI is InChI=1S/C25H28N6O/c1-17-14-22(26-16-21(17)30-10-12-32-13-11-30)28-25-27-15-19-7-6-18-8-9-31(20-4-2-3-5-20)24(18)23(19)29-25/h6-9,14-16,20H,2-5,10-13H2,1H3,(H,26,27,28,29). The Kier molecular flexibility index (Phi) is 4.91. The van der Waals surface area contributed by atoms with Crippen molar-refractivity contribution >= 4 is 39.3 Å². The first kappa shape index (κ1) is 19.5. The summed E-state index contributed by atoms with van der Waals surface area (Å²) in [5.41, 5.74) is 4.56. The largest absolute Gasteiger partial charge is 0.378 e. The number of ether oxygens (including phenoxy) is 1. The zero-order chi connectivity index (χ0) is 21.5. The van der Waals surface area contributed by atoms with Gasteiger partial charge in [-0.2, -0.15) is 0 Å². The number of morpholine rings is 1. The van der Waals surface area contributed by atoms with Gasteiger partial charge in [-0.3, -0.25) is 0 Å². The van der Waals surface area contributed by atoms with Crippen molar-refractivity contribution in [3.8, 4) is 0 Å². The summed E-state index contributed by atoms with van der Waals surface area (Å²) >= 11 is 0. The lowest BCUT2D eigenvalue weighted by Crippen LogP contribution is -2.36. The predicted molar refractivity (Wildman–Crippen MR) is 128 cm³/mol. The van der Waals surface area contributed by atoms with E-state index in [2.05, 4.69) is 62.1 Å². The molecule has 0 unspecified atom stereocenters. The van der Waals surface area contributed by atoms with Crippen LogP contribution in [0.3, 0.4) is 0 Å². The average Bonchev–Trinajstić information content (AvgIpc) is 3.50. The van der Waals surface area contributed by atoms with Crippen molar-refractivity contribution in [3.05, 3.63) is 48.4 Å². The van der Waals surface area contributed by atoms with Crippen LogP contribution in [0.4, 0.5) is 17.5 Å². The summed E-state index contributed by atoms with van der Waals surface area (Å²) < 4.78 is 7.90. The molecular formula is C25H28N6O. The molecular weight excluding hydrogens is 400 g/mol. The number of benzene rings is 1. The molecule has 1 aromatic carbocycles. The number of nitrogens with one attached hydrogen (secondary N) is 1. The lowest BCUT2D eigenvalue weighted by molar-refractivity contribution is 0.122. The molecule has 32 heavy (non-hydrogen) atoms. The summed E-state index contributed by atoms with van der Waals surface area (Å²) in [5, 5.41) is 5.62. The van der Waals surface area contributed by atoms with Gasteiger partial charge in [-0.05, 0) is 37.5 Å². The monoisotopic (exact) mass is 428 g/mol. The van der Waals surface area contributed by atoms with Gasteiger partial charge in [0, 0.05) is 42.3 Å². The Bertz CT molecular complexity index is 1270. The number of anilines is 3. The highest BCUT2D eigenvalue weighted by Crippen LogP contribution is 2.35.